The van der Waals surface area contributed by atoms with E-state index in [2.05, 4.69) is 15.5 Å². The number of rotatable bonds is 5. The third kappa shape index (κ3) is 2.83. The molecule has 0 radical (unpaired) electrons. The summed E-state index contributed by atoms with van der Waals surface area (Å²) in [5, 5.41) is 8.91. The van der Waals surface area contributed by atoms with Gasteiger partial charge < -0.3 is 25.3 Å². The van der Waals surface area contributed by atoms with E-state index >= 15 is 0 Å². The fourth-order valence-corrected chi connectivity index (χ4v) is 1.82. The number of nitrogen functional groups attached to an aromatic ring is 1. The molecule has 1 aromatic carbocycles. The summed E-state index contributed by atoms with van der Waals surface area (Å²) in [4.78, 5) is 12.1. The fourth-order valence-electron chi connectivity index (χ4n) is 1.82. The van der Waals surface area contributed by atoms with Gasteiger partial charge in [-0.15, -0.1) is 0 Å². The van der Waals surface area contributed by atoms with Gasteiger partial charge in [-0.3, -0.25) is 9.89 Å². The molecule has 1 aromatic heterocycles. The molecule has 0 spiro atoms. The van der Waals surface area contributed by atoms with Gasteiger partial charge in [0.2, 0.25) is 5.75 Å². The van der Waals surface area contributed by atoms with E-state index in [0.29, 0.717) is 22.9 Å². The highest BCUT2D eigenvalue weighted by Crippen LogP contribution is 2.40. The van der Waals surface area contributed by atoms with Gasteiger partial charge >= 0.3 is 0 Å². The minimum Gasteiger partial charge on any atom is -0.493 e. The van der Waals surface area contributed by atoms with Crippen LogP contribution in [0.1, 0.15) is 10.5 Å². The highest BCUT2D eigenvalue weighted by Gasteiger charge is 2.16. The average molecular weight is 292 g/mol. The second-order valence-corrected chi connectivity index (χ2v) is 4.07. The monoisotopic (exact) mass is 292 g/mol. The standard InChI is InChI=1S/C13H16N4O4/c1-19-9-4-7(5-10(20-2)12(9)21-3)16-13(18)11-8(14)6-15-17-11/h4-6H,14H2,1-3H3,(H,15,17)(H,16,18). The van der Waals surface area contributed by atoms with Crippen LogP contribution in [-0.4, -0.2) is 37.4 Å². The predicted octanol–water partition coefficient (Wildman–Crippen LogP) is 1.27. The first-order valence-corrected chi connectivity index (χ1v) is 6.01. The molecule has 0 saturated carbocycles. The molecule has 8 heteroatoms. The summed E-state index contributed by atoms with van der Waals surface area (Å²) in [5.41, 5.74) is 6.55. The van der Waals surface area contributed by atoms with Crippen LogP contribution in [0.5, 0.6) is 17.2 Å². The number of nitrogens with zero attached hydrogens (tertiary/aromatic N) is 1. The van der Waals surface area contributed by atoms with E-state index in [1.807, 2.05) is 0 Å². The molecular formula is C13H16N4O4. The molecule has 0 aliphatic heterocycles. The summed E-state index contributed by atoms with van der Waals surface area (Å²) in [7, 11) is 4.50. The maximum Gasteiger partial charge on any atom is 0.275 e. The predicted molar refractivity (Wildman–Crippen MR) is 77.1 cm³/mol. The van der Waals surface area contributed by atoms with Crippen molar-refractivity contribution < 1.29 is 19.0 Å². The van der Waals surface area contributed by atoms with Gasteiger partial charge in [0.1, 0.15) is 5.69 Å². The molecule has 112 valence electrons. The SMILES string of the molecule is COc1cc(NC(=O)c2[nH]ncc2N)cc(OC)c1OC. The zero-order valence-corrected chi connectivity index (χ0v) is 11.9. The summed E-state index contributed by atoms with van der Waals surface area (Å²) in [6.07, 6.45) is 1.37. The van der Waals surface area contributed by atoms with Crippen LogP contribution in [0.4, 0.5) is 11.4 Å². The number of ether oxygens (including phenoxy) is 3. The topological polar surface area (TPSA) is 111 Å². The van der Waals surface area contributed by atoms with Crippen LogP contribution in [0.3, 0.4) is 0 Å². The number of benzene rings is 1. The third-order valence-electron chi connectivity index (χ3n) is 2.82. The van der Waals surface area contributed by atoms with Crippen molar-refractivity contribution in [1.82, 2.24) is 10.2 Å². The van der Waals surface area contributed by atoms with E-state index in [4.69, 9.17) is 19.9 Å². The normalized spacial score (nSPS) is 10.0. The van der Waals surface area contributed by atoms with Crippen LogP contribution in [-0.2, 0) is 0 Å². The first-order chi connectivity index (χ1) is 10.1. The van der Waals surface area contributed by atoms with Gasteiger partial charge in [-0.1, -0.05) is 0 Å². The summed E-state index contributed by atoms with van der Waals surface area (Å²) in [6.45, 7) is 0. The van der Waals surface area contributed by atoms with Gasteiger partial charge in [0.05, 0.1) is 33.2 Å². The van der Waals surface area contributed by atoms with Gasteiger partial charge in [-0.2, -0.15) is 5.10 Å². The zero-order valence-electron chi connectivity index (χ0n) is 11.9. The number of anilines is 2. The molecule has 0 aliphatic carbocycles. The van der Waals surface area contributed by atoms with Crippen LogP contribution >= 0.6 is 0 Å². The zero-order chi connectivity index (χ0) is 15.4. The van der Waals surface area contributed by atoms with Gasteiger partial charge in [-0.25, -0.2) is 0 Å². The van der Waals surface area contributed by atoms with Crippen molar-refractivity contribution in [2.24, 2.45) is 0 Å². The Morgan fingerprint density at radius 2 is 1.81 bits per heavy atom. The first-order valence-electron chi connectivity index (χ1n) is 6.01. The Morgan fingerprint density at radius 1 is 1.19 bits per heavy atom. The molecule has 0 fully saturated rings. The van der Waals surface area contributed by atoms with Crippen molar-refractivity contribution in [2.75, 3.05) is 32.4 Å². The molecule has 4 N–H and O–H groups in total. The van der Waals surface area contributed by atoms with E-state index in [0.717, 1.165) is 0 Å². The largest absolute Gasteiger partial charge is 0.493 e. The molecule has 0 saturated heterocycles. The fraction of sp³-hybridized carbons (Fsp3) is 0.231. The lowest BCUT2D eigenvalue weighted by molar-refractivity contribution is 0.102. The molecule has 1 amide bonds. The van der Waals surface area contributed by atoms with E-state index in [9.17, 15) is 4.79 Å². The highest BCUT2D eigenvalue weighted by molar-refractivity contribution is 6.06. The van der Waals surface area contributed by atoms with Gasteiger partial charge in [0.25, 0.3) is 5.91 Å². The first kappa shape index (κ1) is 14.5. The lowest BCUT2D eigenvalue weighted by atomic mass is 10.2. The van der Waals surface area contributed by atoms with Gasteiger partial charge in [-0.05, 0) is 0 Å². The molecule has 2 rings (SSSR count). The molecule has 21 heavy (non-hydrogen) atoms. The molecule has 1 heterocycles. The minimum atomic E-state index is -0.417. The molecule has 0 aliphatic rings. The number of carbonyl (C=O) groups is 1. The van der Waals surface area contributed by atoms with Crippen LogP contribution in [0, 0.1) is 0 Å². The molecular weight excluding hydrogens is 276 g/mol. The van der Waals surface area contributed by atoms with Crippen molar-refractivity contribution in [3.63, 3.8) is 0 Å². The Labute approximate surface area is 121 Å². The number of hydrogen-bond acceptors (Lipinski definition) is 6. The Morgan fingerprint density at radius 3 is 2.24 bits per heavy atom. The van der Waals surface area contributed by atoms with E-state index in [1.165, 1.54) is 27.5 Å². The van der Waals surface area contributed by atoms with Gasteiger partial charge in [0, 0.05) is 17.8 Å². The Bertz CT molecular complexity index is 628. The van der Waals surface area contributed by atoms with E-state index < -0.39 is 5.91 Å². The number of carbonyl (C=O) groups excluding carboxylic acids is 1. The number of nitrogens with two attached hydrogens (primary N) is 1. The number of H-pyrrole nitrogens is 1. The maximum atomic E-state index is 12.1. The van der Waals surface area contributed by atoms with Crippen molar-refractivity contribution in [2.45, 2.75) is 0 Å². The van der Waals surface area contributed by atoms with Crippen molar-refractivity contribution in [3.8, 4) is 17.2 Å². The number of amides is 1. The van der Waals surface area contributed by atoms with Crippen LogP contribution in [0.2, 0.25) is 0 Å². The number of methoxy groups -OCH3 is 3. The molecule has 0 atom stereocenters. The summed E-state index contributed by atoms with van der Waals surface area (Å²) >= 11 is 0. The minimum absolute atomic E-state index is 0.184. The van der Waals surface area contributed by atoms with E-state index in [1.54, 1.807) is 12.1 Å². The van der Waals surface area contributed by atoms with Crippen molar-refractivity contribution >= 4 is 17.3 Å². The van der Waals surface area contributed by atoms with Crippen LogP contribution < -0.4 is 25.3 Å². The molecule has 0 bridgehead atoms. The average Bonchev–Trinajstić information content (AvgIpc) is 2.92. The molecule has 0 unspecified atom stereocenters. The number of aromatic amines is 1. The maximum absolute atomic E-state index is 12.1. The second kappa shape index (κ2) is 6.04. The lowest BCUT2D eigenvalue weighted by Crippen LogP contribution is -2.14. The van der Waals surface area contributed by atoms with Crippen LogP contribution in [0.25, 0.3) is 0 Å². The Kier molecular flexibility index (Phi) is 4.17. The third-order valence-corrected chi connectivity index (χ3v) is 2.82. The van der Waals surface area contributed by atoms with Gasteiger partial charge in [0.15, 0.2) is 11.5 Å². The van der Waals surface area contributed by atoms with Crippen molar-refractivity contribution in [3.05, 3.63) is 24.0 Å². The smallest absolute Gasteiger partial charge is 0.275 e. The Balaban J connectivity index is 2.32. The summed E-state index contributed by atoms with van der Waals surface area (Å²) < 4.78 is 15.6. The molecule has 2 aromatic rings. The van der Waals surface area contributed by atoms with Crippen LogP contribution in [0.15, 0.2) is 18.3 Å². The second-order valence-electron chi connectivity index (χ2n) is 4.07. The van der Waals surface area contributed by atoms with Crippen molar-refractivity contribution in [1.29, 1.82) is 0 Å². The Hall–Kier alpha value is -2.90. The van der Waals surface area contributed by atoms with E-state index in [-0.39, 0.29) is 11.4 Å². The quantitative estimate of drug-likeness (QED) is 0.765. The highest BCUT2D eigenvalue weighted by atomic mass is 16.5. The molecule has 8 nitrogen and oxygen atoms in total. The number of hydrogen-bond donors (Lipinski definition) is 3. The lowest BCUT2D eigenvalue weighted by Gasteiger charge is -2.14. The number of nitrogens with one attached hydrogen (secondary N) is 2. The summed E-state index contributed by atoms with van der Waals surface area (Å²) in [5.74, 6) is 0.896. The number of aromatic nitrogens is 2. The summed E-state index contributed by atoms with van der Waals surface area (Å²) in [6, 6.07) is 3.23.